The van der Waals surface area contributed by atoms with Crippen molar-refractivity contribution in [3.63, 3.8) is 0 Å². The quantitative estimate of drug-likeness (QED) is 0.231. The summed E-state index contributed by atoms with van der Waals surface area (Å²) in [7, 11) is 2.21. The van der Waals surface area contributed by atoms with E-state index in [-0.39, 0.29) is 35.6 Å². The molecule has 1 spiro atoms. The van der Waals surface area contributed by atoms with Crippen molar-refractivity contribution in [1.82, 2.24) is 20.4 Å². The molecule has 1 unspecified atom stereocenters. The topological polar surface area (TPSA) is 52.1 Å². The normalized spacial score (nSPS) is 23.3. The first-order valence-electron chi connectivity index (χ1n) is 12.4. The van der Waals surface area contributed by atoms with Gasteiger partial charge in [0, 0.05) is 51.3 Å². The number of ether oxygens (including phenoxy) is 1. The van der Waals surface area contributed by atoms with Crippen molar-refractivity contribution >= 4 is 29.9 Å². The zero-order valence-corrected chi connectivity index (χ0v) is 22.3. The highest BCUT2D eigenvalue weighted by molar-refractivity contribution is 14.0. The number of guanidine groups is 1. The van der Waals surface area contributed by atoms with E-state index in [1.54, 1.807) is 0 Å². The molecule has 2 heterocycles. The molecule has 3 aliphatic rings. The molecule has 2 fully saturated rings. The molecular weight excluding hydrogens is 513 g/mol. The minimum Gasteiger partial charge on any atom is -0.487 e. The van der Waals surface area contributed by atoms with Crippen LogP contribution in [-0.4, -0.2) is 74.2 Å². The lowest BCUT2D eigenvalue weighted by Crippen LogP contribution is -2.46. The number of benzene rings is 1. The molecule has 0 aromatic heterocycles. The molecule has 0 amide bonds. The maximum Gasteiger partial charge on any atom is 0.191 e. The summed E-state index contributed by atoms with van der Waals surface area (Å²) in [5.74, 6) is 1.99. The van der Waals surface area contributed by atoms with Crippen molar-refractivity contribution in [2.45, 2.75) is 63.5 Å². The first kappa shape index (κ1) is 25.6. The first-order valence-corrected chi connectivity index (χ1v) is 12.4. The Morgan fingerprint density at radius 3 is 2.62 bits per heavy atom. The van der Waals surface area contributed by atoms with Gasteiger partial charge in [0.25, 0.3) is 0 Å². The van der Waals surface area contributed by atoms with E-state index in [4.69, 9.17) is 9.73 Å². The molecular formula is C25H42IN5O. The Hall–Kier alpha value is -1.06. The van der Waals surface area contributed by atoms with Crippen molar-refractivity contribution < 1.29 is 4.74 Å². The Balaban J connectivity index is 0.00000289. The largest absolute Gasteiger partial charge is 0.487 e. The van der Waals surface area contributed by atoms with Gasteiger partial charge in [-0.2, -0.15) is 0 Å². The van der Waals surface area contributed by atoms with Crippen LogP contribution in [-0.2, 0) is 0 Å². The minimum atomic E-state index is 0. The number of fused-ring (bicyclic) bond motifs is 1. The second-order valence-corrected chi connectivity index (χ2v) is 9.54. The van der Waals surface area contributed by atoms with E-state index in [9.17, 15) is 0 Å². The standard InChI is InChI=1S/C25H41N5O.HI/c1-3-26-24(27-14-8-9-15-30-18-16-29(2)17-19-30)28-22-20-25(12-6-7-13-25)31-23-11-5-4-10-21(22)23;/h4-5,10-11,22H,3,6-9,12-20H2,1-2H3,(H2,26,27,28);1H. The molecule has 0 radical (unpaired) electrons. The number of aliphatic imine (C=N–C) groups is 1. The van der Waals surface area contributed by atoms with Gasteiger partial charge in [0.1, 0.15) is 11.4 Å². The summed E-state index contributed by atoms with van der Waals surface area (Å²) in [5.41, 5.74) is 1.27. The first-order chi connectivity index (χ1) is 15.2. The third kappa shape index (κ3) is 6.73. The van der Waals surface area contributed by atoms with Crippen molar-refractivity contribution in [3.8, 4) is 5.75 Å². The molecule has 4 rings (SSSR count). The van der Waals surface area contributed by atoms with Gasteiger partial charge in [-0.15, -0.1) is 24.0 Å². The number of nitrogens with zero attached hydrogens (tertiary/aromatic N) is 3. The highest BCUT2D eigenvalue weighted by atomic mass is 127. The Bertz CT molecular complexity index is 729. The number of nitrogens with one attached hydrogen (secondary N) is 2. The van der Waals surface area contributed by atoms with Crippen LogP contribution in [0.4, 0.5) is 0 Å². The molecule has 1 aliphatic carbocycles. The van der Waals surface area contributed by atoms with Gasteiger partial charge in [0.15, 0.2) is 5.96 Å². The van der Waals surface area contributed by atoms with Gasteiger partial charge in [0.05, 0.1) is 6.04 Å². The average molecular weight is 556 g/mol. The summed E-state index contributed by atoms with van der Waals surface area (Å²) in [6, 6.07) is 8.79. The molecule has 2 N–H and O–H groups in total. The fourth-order valence-corrected chi connectivity index (χ4v) is 5.27. The molecule has 1 atom stereocenters. The van der Waals surface area contributed by atoms with Crippen LogP contribution in [0.5, 0.6) is 5.75 Å². The summed E-state index contributed by atoms with van der Waals surface area (Å²) in [6.07, 6.45) is 8.26. The molecule has 2 aliphatic heterocycles. The fraction of sp³-hybridized carbons (Fsp3) is 0.720. The number of likely N-dealkylation sites (N-methyl/N-ethyl adjacent to an activating group) is 1. The average Bonchev–Trinajstić information content (AvgIpc) is 3.22. The molecule has 180 valence electrons. The number of rotatable bonds is 7. The molecule has 0 bridgehead atoms. The molecule has 1 aromatic rings. The molecule has 6 nitrogen and oxygen atoms in total. The van der Waals surface area contributed by atoms with Crippen LogP contribution in [0, 0.1) is 0 Å². The lowest BCUT2D eigenvalue weighted by Gasteiger charge is -2.40. The number of halogens is 1. The van der Waals surface area contributed by atoms with Gasteiger partial charge in [-0.3, -0.25) is 4.99 Å². The Labute approximate surface area is 211 Å². The van der Waals surface area contributed by atoms with Crippen molar-refractivity contribution in [3.05, 3.63) is 29.8 Å². The molecule has 7 heteroatoms. The van der Waals surface area contributed by atoms with E-state index < -0.39 is 0 Å². The molecule has 32 heavy (non-hydrogen) atoms. The van der Waals surface area contributed by atoms with Crippen molar-refractivity contribution in [2.75, 3.05) is 52.9 Å². The monoisotopic (exact) mass is 555 g/mol. The van der Waals surface area contributed by atoms with Gasteiger partial charge in [-0.05, 0) is 65.1 Å². The predicted octanol–water partition coefficient (Wildman–Crippen LogP) is 4.02. The van der Waals surface area contributed by atoms with Crippen LogP contribution >= 0.6 is 24.0 Å². The molecule has 1 saturated carbocycles. The molecule has 1 saturated heterocycles. The number of unbranched alkanes of at least 4 members (excludes halogenated alkanes) is 1. The summed E-state index contributed by atoms with van der Waals surface area (Å²) < 4.78 is 6.52. The predicted molar refractivity (Wildman–Crippen MR) is 143 cm³/mol. The highest BCUT2D eigenvalue weighted by Crippen LogP contribution is 2.46. The fourth-order valence-electron chi connectivity index (χ4n) is 5.27. The van der Waals surface area contributed by atoms with Crippen LogP contribution < -0.4 is 15.4 Å². The smallest absolute Gasteiger partial charge is 0.191 e. The Kier molecular flexibility index (Phi) is 9.92. The van der Waals surface area contributed by atoms with E-state index in [1.807, 2.05) is 0 Å². The third-order valence-corrected chi connectivity index (χ3v) is 7.12. The van der Waals surface area contributed by atoms with Crippen LogP contribution in [0.15, 0.2) is 29.3 Å². The van der Waals surface area contributed by atoms with E-state index in [0.717, 1.165) is 37.6 Å². The minimum absolute atomic E-state index is 0. The lowest BCUT2D eigenvalue weighted by molar-refractivity contribution is 0.0396. The van der Waals surface area contributed by atoms with Gasteiger partial charge >= 0.3 is 0 Å². The van der Waals surface area contributed by atoms with Gasteiger partial charge in [-0.1, -0.05) is 18.2 Å². The Morgan fingerprint density at radius 2 is 1.88 bits per heavy atom. The molecule has 1 aromatic carbocycles. The van der Waals surface area contributed by atoms with Crippen LogP contribution in [0.2, 0.25) is 0 Å². The van der Waals surface area contributed by atoms with Crippen LogP contribution in [0.3, 0.4) is 0 Å². The second kappa shape index (κ2) is 12.4. The van der Waals surface area contributed by atoms with E-state index in [1.165, 1.54) is 70.4 Å². The highest BCUT2D eigenvalue weighted by Gasteiger charge is 2.43. The zero-order chi connectivity index (χ0) is 21.5. The van der Waals surface area contributed by atoms with E-state index in [0.29, 0.717) is 0 Å². The number of piperazine rings is 1. The number of hydrogen-bond donors (Lipinski definition) is 2. The summed E-state index contributed by atoms with van der Waals surface area (Å²) in [4.78, 5) is 9.92. The SMILES string of the molecule is CCNC(=NCCCCN1CCN(C)CC1)NC1CC2(CCCC2)Oc2ccccc21.I. The van der Waals surface area contributed by atoms with Crippen molar-refractivity contribution in [1.29, 1.82) is 0 Å². The summed E-state index contributed by atoms with van der Waals surface area (Å²) >= 11 is 0. The number of para-hydroxylation sites is 1. The van der Waals surface area contributed by atoms with Gasteiger partial charge < -0.3 is 25.2 Å². The Morgan fingerprint density at radius 1 is 1.12 bits per heavy atom. The van der Waals surface area contributed by atoms with Crippen molar-refractivity contribution in [2.24, 2.45) is 4.99 Å². The van der Waals surface area contributed by atoms with Crippen LogP contribution in [0.25, 0.3) is 0 Å². The second-order valence-electron chi connectivity index (χ2n) is 9.54. The maximum absolute atomic E-state index is 6.52. The summed E-state index contributed by atoms with van der Waals surface area (Å²) in [6.45, 7) is 9.89. The lowest BCUT2D eigenvalue weighted by atomic mass is 9.86. The van der Waals surface area contributed by atoms with Gasteiger partial charge in [0.2, 0.25) is 0 Å². The summed E-state index contributed by atoms with van der Waals surface area (Å²) in [5, 5.41) is 7.22. The van der Waals surface area contributed by atoms with Crippen LogP contribution in [0.1, 0.15) is 63.5 Å². The number of hydrogen-bond acceptors (Lipinski definition) is 4. The van der Waals surface area contributed by atoms with E-state index >= 15 is 0 Å². The maximum atomic E-state index is 6.52. The van der Waals surface area contributed by atoms with Gasteiger partial charge in [-0.25, -0.2) is 0 Å². The zero-order valence-electron chi connectivity index (χ0n) is 19.9. The third-order valence-electron chi connectivity index (χ3n) is 7.12. The van der Waals surface area contributed by atoms with E-state index in [2.05, 4.69) is 58.7 Å².